The predicted molar refractivity (Wildman–Crippen MR) is 91.6 cm³/mol. The number of halogens is 3. The van der Waals surface area contributed by atoms with E-state index in [4.69, 9.17) is 0 Å². The second-order valence-corrected chi connectivity index (χ2v) is 5.88. The molecule has 122 valence electrons. The molecular weight excluding hydrogens is 380 g/mol. The van der Waals surface area contributed by atoms with Gasteiger partial charge < -0.3 is 10.6 Å². The Kier molecular flexibility index (Phi) is 4.66. The van der Waals surface area contributed by atoms with Crippen LogP contribution in [-0.4, -0.2) is 15.2 Å². The van der Waals surface area contributed by atoms with E-state index in [0.29, 0.717) is 11.5 Å². The first kappa shape index (κ1) is 16.3. The molecule has 1 heterocycles. The van der Waals surface area contributed by atoms with Crippen molar-refractivity contribution in [1.82, 2.24) is 15.2 Å². The van der Waals surface area contributed by atoms with Gasteiger partial charge in [-0.2, -0.15) is 10.1 Å². The Bertz CT molecular complexity index is 888. The van der Waals surface area contributed by atoms with Gasteiger partial charge in [-0.3, -0.25) is 0 Å². The van der Waals surface area contributed by atoms with Crippen LogP contribution < -0.4 is 10.6 Å². The second kappa shape index (κ2) is 6.88. The lowest BCUT2D eigenvalue weighted by Crippen LogP contribution is -2.03. The van der Waals surface area contributed by atoms with Gasteiger partial charge in [0, 0.05) is 16.2 Å². The van der Waals surface area contributed by atoms with Crippen molar-refractivity contribution in [3.05, 3.63) is 64.3 Å². The summed E-state index contributed by atoms with van der Waals surface area (Å²) in [5.41, 5.74) is 2.26. The number of nitrogens with zero attached hydrogens (tertiary/aromatic N) is 3. The lowest BCUT2D eigenvalue weighted by atomic mass is 10.2. The van der Waals surface area contributed by atoms with E-state index >= 15 is 0 Å². The predicted octanol–water partition coefficient (Wildman–Crippen LogP) is 4.71. The fraction of sp³-hybridized carbons (Fsp3) is 0.0625. The van der Waals surface area contributed by atoms with Crippen molar-refractivity contribution in [2.24, 2.45) is 0 Å². The van der Waals surface area contributed by atoms with Crippen LogP contribution in [0.5, 0.6) is 0 Å². The first-order chi connectivity index (χ1) is 11.5. The lowest BCUT2D eigenvalue weighted by molar-refractivity contribution is 0.509. The van der Waals surface area contributed by atoms with E-state index < -0.39 is 11.6 Å². The van der Waals surface area contributed by atoms with Gasteiger partial charge in [0.25, 0.3) is 0 Å². The fourth-order valence-electron chi connectivity index (χ4n) is 1.98. The van der Waals surface area contributed by atoms with E-state index in [9.17, 15) is 8.78 Å². The molecule has 5 nitrogen and oxygen atoms in total. The minimum absolute atomic E-state index is 0.161. The maximum Gasteiger partial charge on any atom is 0.249 e. The monoisotopic (exact) mass is 391 g/mol. The average Bonchev–Trinajstić information content (AvgIpc) is 2.54. The van der Waals surface area contributed by atoms with Crippen LogP contribution in [0, 0.1) is 18.6 Å². The topological polar surface area (TPSA) is 62.7 Å². The van der Waals surface area contributed by atoms with Crippen LogP contribution in [0.1, 0.15) is 5.56 Å². The SMILES string of the molecule is Cc1ccc(Nc2cnnc(Nc3ccc(F)c(F)c3)n2)c(Br)c1. The van der Waals surface area contributed by atoms with Crippen molar-refractivity contribution in [3.63, 3.8) is 0 Å². The number of aromatic nitrogens is 3. The van der Waals surface area contributed by atoms with E-state index in [0.717, 1.165) is 27.9 Å². The Balaban J connectivity index is 1.79. The molecule has 0 amide bonds. The molecule has 0 aliphatic rings. The minimum Gasteiger partial charge on any atom is -0.338 e. The number of aryl methyl sites for hydroxylation is 1. The molecule has 0 saturated heterocycles. The van der Waals surface area contributed by atoms with Gasteiger partial charge in [0.15, 0.2) is 17.5 Å². The summed E-state index contributed by atoms with van der Waals surface area (Å²) in [4.78, 5) is 4.25. The van der Waals surface area contributed by atoms with Gasteiger partial charge in [0.05, 0.1) is 11.9 Å². The molecule has 3 aromatic rings. The molecule has 0 aliphatic heterocycles. The van der Waals surface area contributed by atoms with Crippen LogP contribution in [0.25, 0.3) is 0 Å². The molecule has 0 atom stereocenters. The Morgan fingerprint density at radius 2 is 1.83 bits per heavy atom. The quantitative estimate of drug-likeness (QED) is 0.674. The van der Waals surface area contributed by atoms with Gasteiger partial charge in [-0.05, 0) is 52.7 Å². The number of hydrogen-bond donors (Lipinski definition) is 2. The third kappa shape index (κ3) is 3.83. The molecule has 0 fully saturated rings. The Labute approximate surface area is 145 Å². The van der Waals surface area contributed by atoms with Gasteiger partial charge in [-0.15, -0.1) is 5.10 Å². The van der Waals surface area contributed by atoms with Crippen LogP contribution >= 0.6 is 15.9 Å². The highest BCUT2D eigenvalue weighted by Gasteiger charge is 2.07. The van der Waals surface area contributed by atoms with Crippen molar-refractivity contribution >= 4 is 39.1 Å². The third-order valence-corrected chi connectivity index (χ3v) is 3.78. The van der Waals surface area contributed by atoms with E-state index in [-0.39, 0.29) is 5.95 Å². The van der Waals surface area contributed by atoms with Crippen LogP contribution in [0.4, 0.5) is 31.9 Å². The smallest absolute Gasteiger partial charge is 0.249 e. The molecule has 2 N–H and O–H groups in total. The molecule has 8 heteroatoms. The van der Waals surface area contributed by atoms with Crippen LogP contribution in [-0.2, 0) is 0 Å². The molecule has 24 heavy (non-hydrogen) atoms. The zero-order chi connectivity index (χ0) is 17.1. The largest absolute Gasteiger partial charge is 0.338 e. The van der Waals surface area contributed by atoms with Gasteiger partial charge in [-0.1, -0.05) is 6.07 Å². The first-order valence-electron chi connectivity index (χ1n) is 6.96. The summed E-state index contributed by atoms with van der Waals surface area (Å²) in [5.74, 6) is -1.25. The van der Waals surface area contributed by atoms with Crippen molar-refractivity contribution in [1.29, 1.82) is 0 Å². The van der Waals surface area contributed by atoms with E-state index in [1.54, 1.807) is 0 Å². The number of nitrogens with one attached hydrogen (secondary N) is 2. The van der Waals surface area contributed by atoms with Crippen molar-refractivity contribution < 1.29 is 8.78 Å². The Hall–Kier alpha value is -2.61. The average molecular weight is 392 g/mol. The maximum absolute atomic E-state index is 13.2. The number of hydrogen-bond acceptors (Lipinski definition) is 5. The fourth-order valence-corrected chi connectivity index (χ4v) is 2.57. The van der Waals surface area contributed by atoms with Crippen molar-refractivity contribution in [2.75, 3.05) is 10.6 Å². The summed E-state index contributed by atoms with van der Waals surface area (Å²) in [6.07, 6.45) is 1.46. The van der Waals surface area contributed by atoms with E-state index in [1.165, 1.54) is 12.3 Å². The summed E-state index contributed by atoms with van der Waals surface area (Å²) in [6.45, 7) is 1.99. The van der Waals surface area contributed by atoms with Crippen LogP contribution in [0.15, 0.2) is 47.1 Å². The van der Waals surface area contributed by atoms with Gasteiger partial charge >= 0.3 is 0 Å². The molecule has 0 saturated carbocycles. The maximum atomic E-state index is 13.2. The highest BCUT2D eigenvalue weighted by atomic mass is 79.9. The highest BCUT2D eigenvalue weighted by molar-refractivity contribution is 9.10. The number of benzene rings is 2. The van der Waals surface area contributed by atoms with Crippen LogP contribution in [0.2, 0.25) is 0 Å². The zero-order valence-corrected chi connectivity index (χ0v) is 14.1. The second-order valence-electron chi connectivity index (χ2n) is 5.03. The molecule has 0 bridgehead atoms. The van der Waals surface area contributed by atoms with Crippen molar-refractivity contribution in [2.45, 2.75) is 6.92 Å². The lowest BCUT2D eigenvalue weighted by Gasteiger charge is -2.09. The molecule has 2 aromatic carbocycles. The molecule has 3 rings (SSSR count). The van der Waals surface area contributed by atoms with Gasteiger partial charge in [-0.25, -0.2) is 8.78 Å². The van der Waals surface area contributed by atoms with Gasteiger partial charge in [0.2, 0.25) is 5.95 Å². The summed E-state index contributed by atoms with van der Waals surface area (Å²) in [5, 5.41) is 13.6. The van der Waals surface area contributed by atoms with Crippen LogP contribution in [0.3, 0.4) is 0 Å². The number of rotatable bonds is 4. The molecular formula is C16H12BrF2N5. The summed E-state index contributed by atoms with van der Waals surface area (Å²) < 4.78 is 27.1. The Morgan fingerprint density at radius 3 is 2.58 bits per heavy atom. The minimum atomic E-state index is -0.953. The first-order valence-corrected chi connectivity index (χ1v) is 7.75. The highest BCUT2D eigenvalue weighted by Crippen LogP contribution is 2.26. The van der Waals surface area contributed by atoms with Crippen molar-refractivity contribution in [3.8, 4) is 0 Å². The normalized spacial score (nSPS) is 10.5. The third-order valence-electron chi connectivity index (χ3n) is 3.12. The summed E-state index contributed by atoms with van der Waals surface area (Å²) >= 11 is 3.47. The molecule has 1 aromatic heterocycles. The molecule has 0 unspecified atom stereocenters. The Morgan fingerprint density at radius 1 is 1.00 bits per heavy atom. The standard InChI is InChI=1S/C16H12BrF2N5/c1-9-2-5-14(11(17)6-9)22-15-8-20-24-16(23-15)21-10-3-4-12(18)13(19)7-10/h2-8H,1H3,(H2,21,22,23,24). The molecule has 0 aliphatic carbocycles. The van der Waals surface area contributed by atoms with E-state index in [1.807, 2.05) is 25.1 Å². The van der Waals surface area contributed by atoms with Gasteiger partial charge in [0.1, 0.15) is 0 Å². The molecule has 0 radical (unpaired) electrons. The summed E-state index contributed by atoms with van der Waals surface area (Å²) in [6, 6.07) is 9.27. The zero-order valence-electron chi connectivity index (χ0n) is 12.5. The van der Waals surface area contributed by atoms with E-state index in [2.05, 4.69) is 41.7 Å². The number of anilines is 4. The summed E-state index contributed by atoms with van der Waals surface area (Å²) in [7, 11) is 0. The molecule has 0 spiro atoms.